The maximum Gasteiger partial charge on any atom is 0.237 e. The molecule has 0 aromatic carbocycles. The maximum atomic E-state index is 11.5. The van der Waals surface area contributed by atoms with E-state index in [-0.39, 0.29) is 11.3 Å². The zero-order valence-corrected chi connectivity index (χ0v) is 9.26. The zero-order valence-electron chi connectivity index (χ0n) is 9.26. The van der Waals surface area contributed by atoms with Crippen molar-refractivity contribution in [2.75, 3.05) is 6.54 Å². The van der Waals surface area contributed by atoms with Crippen molar-refractivity contribution in [3.63, 3.8) is 0 Å². The minimum Gasteiger partial charge on any atom is -0.355 e. The van der Waals surface area contributed by atoms with Crippen LogP contribution < -0.4 is 11.1 Å². The summed E-state index contributed by atoms with van der Waals surface area (Å²) in [5, 5.41) is 2.76. The summed E-state index contributed by atoms with van der Waals surface area (Å²) in [6.07, 6.45) is 6.58. The van der Waals surface area contributed by atoms with Gasteiger partial charge in [-0.1, -0.05) is 20.8 Å². The predicted octanol–water partition coefficient (Wildman–Crippen LogP) is 0.889. The summed E-state index contributed by atoms with van der Waals surface area (Å²) in [5.74, 6) is 2.42. The third-order valence-electron chi connectivity index (χ3n) is 2.01. The van der Waals surface area contributed by atoms with E-state index in [1.54, 1.807) is 0 Å². The van der Waals surface area contributed by atoms with Crippen LogP contribution in [0.2, 0.25) is 0 Å². The second-order valence-corrected chi connectivity index (χ2v) is 4.44. The average Bonchev–Trinajstić information content (AvgIpc) is 2.09. The van der Waals surface area contributed by atoms with Gasteiger partial charge in [0.1, 0.15) is 0 Å². The first-order chi connectivity index (χ1) is 6.39. The van der Waals surface area contributed by atoms with Gasteiger partial charge in [-0.25, -0.2) is 0 Å². The summed E-state index contributed by atoms with van der Waals surface area (Å²) in [6.45, 7) is 6.43. The fraction of sp³-hybridized carbons (Fsp3) is 0.727. The highest BCUT2D eigenvalue weighted by molar-refractivity contribution is 5.82. The average molecular weight is 196 g/mol. The molecule has 0 aromatic heterocycles. The quantitative estimate of drug-likeness (QED) is 0.518. The minimum atomic E-state index is -0.465. The van der Waals surface area contributed by atoms with Gasteiger partial charge < -0.3 is 11.1 Å². The van der Waals surface area contributed by atoms with Gasteiger partial charge in [0.05, 0.1) is 6.04 Å². The third kappa shape index (κ3) is 4.88. The second kappa shape index (κ2) is 5.66. The Bertz CT molecular complexity index is 222. The molecule has 0 saturated carbocycles. The second-order valence-electron chi connectivity index (χ2n) is 4.44. The Morgan fingerprint density at radius 2 is 2.14 bits per heavy atom. The van der Waals surface area contributed by atoms with Crippen molar-refractivity contribution < 1.29 is 4.79 Å². The molecule has 0 bridgehead atoms. The molecule has 3 nitrogen and oxygen atoms in total. The van der Waals surface area contributed by atoms with Gasteiger partial charge in [-0.15, -0.1) is 12.3 Å². The normalized spacial score (nSPS) is 13.1. The van der Waals surface area contributed by atoms with Crippen LogP contribution in [0, 0.1) is 17.8 Å². The van der Waals surface area contributed by atoms with Gasteiger partial charge in [-0.05, 0) is 11.8 Å². The van der Waals surface area contributed by atoms with Crippen LogP contribution in [0.3, 0.4) is 0 Å². The zero-order chi connectivity index (χ0) is 11.2. The lowest BCUT2D eigenvalue weighted by molar-refractivity contribution is -0.124. The fourth-order valence-corrected chi connectivity index (χ4v) is 0.905. The van der Waals surface area contributed by atoms with Crippen molar-refractivity contribution >= 4 is 5.91 Å². The minimum absolute atomic E-state index is 0.102. The number of hydrogen-bond acceptors (Lipinski definition) is 2. The number of unbranched alkanes of at least 4 members (excludes halogenated alkanes) is 1. The predicted molar refractivity (Wildman–Crippen MR) is 58.5 cm³/mol. The SMILES string of the molecule is C#CCCCNC(=O)C(N)C(C)(C)C. The van der Waals surface area contributed by atoms with Crippen molar-refractivity contribution in [2.24, 2.45) is 11.1 Å². The van der Waals surface area contributed by atoms with Crippen LogP contribution in [0.5, 0.6) is 0 Å². The van der Waals surface area contributed by atoms with E-state index in [1.165, 1.54) is 0 Å². The van der Waals surface area contributed by atoms with Crippen LogP contribution in [0.4, 0.5) is 0 Å². The Hall–Kier alpha value is -1.01. The van der Waals surface area contributed by atoms with Crippen molar-refractivity contribution in [1.82, 2.24) is 5.32 Å². The standard InChI is InChI=1S/C11H20N2O/c1-5-6-7-8-13-10(14)9(12)11(2,3)4/h1,9H,6-8,12H2,2-4H3,(H,13,14). The van der Waals surface area contributed by atoms with E-state index >= 15 is 0 Å². The molecule has 0 saturated heterocycles. The first kappa shape index (κ1) is 13.0. The van der Waals surface area contributed by atoms with Gasteiger partial charge >= 0.3 is 0 Å². The van der Waals surface area contributed by atoms with Crippen LogP contribution in [-0.4, -0.2) is 18.5 Å². The van der Waals surface area contributed by atoms with Crippen molar-refractivity contribution in [1.29, 1.82) is 0 Å². The first-order valence-electron chi connectivity index (χ1n) is 4.86. The van der Waals surface area contributed by atoms with E-state index in [0.717, 1.165) is 6.42 Å². The summed E-state index contributed by atoms with van der Waals surface area (Å²) < 4.78 is 0. The molecule has 3 heteroatoms. The molecule has 0 heterocycles. The summed E-state index contributed by atoms with van der Waals surface area (Å²) in [7, 11) is 0. The van der Waals surface area contributed by atoms with Gasteiger partial charge in [0, 0.05) is 13.0 Å². The Morgan fingerprint density at radius 1 is 1.57 bits per heavy atom. The van der Waals surface area contributed by atoms with E-state index in [0.29, 0.717) is 13.0 Å². The smallest absolute Gasteiger partial charge is 0.237 e. The van der Waals surface area contributed by atoms with E-state index in [1.807, 2.05) is 20.8 Å². The van der Waals surface area contributed by atoms with E-state index in [2.05, 4.69) is 11.2 Å². The molecule has 0 aromatic rings. The molecule has 0 fully saturated rings. The molecule has 80 valence electrons. The van der Waals surface area contributed by atoms with Crippen LogP contribution in [-0.2, 0) is 4.79 Å². The van der Waals surface area contributed by atoms with Gasteiger partial charge in [-0.3, -0.25) is 4.79 Å². The number of carbonyl (C=O) groups is 1. The van der Waals surface area contributed by atoms with Crippen molar-refractivity contribution in [3.05, 3.63) is 0 Å². The van der Waals surface area contributed by atoms with Crippen LogP contribution in [0.1, 0.15) is 33.6 Å². The Morgan fingerprint density at radius 3 is 2.57 bits per heavy atom. The van der Waals surface area contributed by atoms with E-state index < -0.39 is 6.04 Å². The number of nitrogens with one attached hydrogen (secondary N) is 1. The lowest BCUT2D eigenvalue weighted by atomic mass is 9.87. The molecule has 1 atom stereocenters. The summed E-state index contributed by atoms with van der Waals surface area (Å²) >= 11 is 0. The Balaban J connectivity index is 3.81. The van der Waals surface area contributed by atoms with Gasteiger partial charge in [0.25, 0.3) is 0 Å². The fourth-order valence-electron chi connectivity index (χ4n) is 0.905. The lowest BCUT2D eigenvalue weighted by Gasteiger charge is -2.25. The van der Waals surface area contributed by atoms with Crippen LogP contribution in [0.25, 0.3) is 0 Å². The highest BCUT2D eigenvalue weighted by Crippen LogP contribution is 2.16. The molecule has 0 radical (unpaired) electrons. The molecule has 0 aliphatic rings. The maximum absolute atomic E-state index is 11.5. The van der Waals surface area contributed by atoms with Gasteiger partial charge in [0.2, 0.25) is 5.91 Å². The molecular formula is C11H20N2O. The number of amides is 1. The molecule has 0 rings (SSSR count). The molecule has 14 heavy (non-hydrogen) atoms. The van der Waals surface area contributed by atoms with Crippen LogP contribution in [0.15, 0.2) is 0 Å². The molecule has 1 unspecified atom stereocenters. The highest BCUT2D eigenvalue weighted by atomic mass is 16.2. The molecule has 0 aliphatic heterocycles. The molecule has 3 N–H and O–H groups in total. The largest absolute Gasteiger partial charge is 0.355 e. The third-order valence-corrected chi connectivity index (χ3v) is 2.01. The van der Waals surface area contributed by atoms with Gasteiger partial charge in [-0.2, -0.15) is 0 Å². The topological polar surface area (TPSA) is 55.1 Å². The number of nitrogens with two attached hydrogens (primary N) is 1. The lowest BCUT2D eigenvalue weighted by Crippen LogP contribution is -2.48. The summed E-state index contributed by atoms with van der Waals surface area (Å²) in [4.78, 5) is 11.5. The number of rotatable bonds is 4. The first-order valence-corrected chi connectivity index (χ1v) is 4.86. The molecule has 0 aliphatic carbocycles. The Kier molecular flexibility index (Phi) is 5.26. The van der Waals surface area contributed by atoms with Gasteiger partial charge in [0.15, 0.2) is 0 Å². The number of hydrogen-bond donors (Lipinski definition) is 2. The number of terminal acetylenes is 1. The van der Waals surface area contributed by atoms with E-state index in [4.69, 9.17) is 12.2 Å². The Labute approximate surface area is 86.4 Å². The summed E-state index contributed by atoms with van der Waals surface area (Å²) in [6, 6.07) is -0.465. The van der Waals surface area contributed by atoms with Crippen molar-refractivity contribution in [2.45, 2.75) is 39.7 Å². The van der Waals surface area contributed by atoms with Crippen molar-refractivity contribution in [3.8, 4) is 12.3 Å². The highest BCUT2D eigenvalue weighted by Gasteiger charge is 2.26. The van der Waals surface area contributed by atoms with Crippen LogP contribution >= 0.6 is 0 Å². The molecular weight excluding hydrogens is 176 g/mol. The molecule has 1 amide bonds. The summed E-state index contributed by atoms with van der Waals surface area (Å²) in [5.41, 5.74) is 5.56. The monoisotopic (exact) mass is 196 g/mol. The van der Waals surface area contributed by atoms with E-state index in [9.17, 15) is 4.79 Å². The number of carbonyl (C=O) groups excluding carboxylic acids is 1. The molecule has 0 spiro atoms.